The Morgan fingerprint density at radius 1 is 0.688 bits per heavy atom. The second kappa shape index (κ2) is 20.5. The molecule has 0 N–H and O–H groups in total. The average molecular weight is 456 g/mol. The number of esters is 2. The van der Waals surface area contributed by atoms with E-state index < -0.39 is 6.10 Å². The maximum absolute atomic E-state index is 12.2. The van der Waals surface area contributed by atoms with Crippen LogP contribution in [0.4, 0.5) is 0 Å². The topological polar surface area (TPSA) is 55.8 Å². The van der Waals surface area contributed by atoms with E-state index in [1.54, 1.807) is 6.92 Å². The minimum Gasteiger partial charge on any atom is -0.462 e. The zero-order valence-corrected chi connectivity index (χ0v) is 22.1. The first kappa shape index (κ1) is 30.9. The molecule has 32 heavy (non-hydrogen) atoms. The van der Waals surface area contributed by atoms with Crippen molar-refractivity contribution in [2.45, 2.75) is 124 Å². The van der Waals surface area contributed by atoms with Crippen molar-refractivity contribution in [2.75, 3.05) is 27.2 Å². The van der Waals surface area contributed by atoms with Crippen molar-refractivity contribution in [1.82, 2.24) is 4.90 Å². The largest absolute Gasteiger partial charge is 0.462 e. The molecule has 0 amide bonds. The minimum atomic E-state index is -0.410. The predicted molar refractivity (Wildman–Crippen MR) is 134 cm³/mol. The van der Waals surface area contributed by atoms with E-state index >= 15 is 0 Å². The molecule has 0 aliphatic carbocycles. The Bertz CT molecular complexity index is 467. The standard InChI is InChI=1S/C27H53NO4/c1-7-8-9-10-11-12-13-14-15-16-17-18-19-23(2)26(29)31-22-25(4)32-27(30)24(3)20-21-28(5)6/h23-25H,7-22H2,1-6H3. The van der Waals surface area contributed by atoms with Gasteiger partial charge in [-0.15, -0.1) is 0 Å². The first-order valence-electron chi connectivity index (χ1n) is 13.3. The Morgan fingerprint density at radius 2 is 1.16 bits per heavy atom. The molecule has 190 valence electrons. The SMILES string of the molecule is CCCCCCCCCCCCCCC(C)C(=O)OCC(C)OC(=O)C(C)CCN(C)C. The lowest BCUT2D eigenvalue weighted by Gasteiger charge is -2.19. The van der Waals surface area contributed by atoms with Crippen LogP contribution >= 0.6 is 0 Å². The second-order valence-corrected chi connectivity index (χ2v) is 9.95. The van der Waals surface area contributed by atoms with Gasteiger partial charge in [0.1, 0.15) is 12.7 Å². The number of hydrogen-bond donors (Lipinski definition) is 0. The summed E-state index contributed by atoms with van der Waals surface area (Å²) in [7, 11) is 3.97. The lowest BCUT2D eigenvalue weighted by Crippen LogP contribution is -2.28. The Kier molecular flexibility index (Phi) is 19.8. The lowest BCUT2D eigenvalue weighted by molar-refractivity contribution is -0.162. The fourth-order valence-electron chi connectivity index (χ4n) is 3.67. The van der Waals surface area contributed by atoms with E-state index in [1.165, 1.54) is 70.6 Å². The summed E-state index contributed by atoms with van der Waals surface area (Å²) in [4.78, 5) is 26.4. The minimum absolute atomic E-state index is 0.0972. The molecule has 5 heteroatoms. The van der Waals surface area contributed by atoms with Gasteiger partial charge >= 0.3 is 11.9 Å². The number of nitrogens with zero attached hydrogens (tertiary/aromatic N) is 1. The Hall–Kier alpha value is -1.10. The Labute approximate surface area is 199 Å². The fraction of sp³-hybridized carbons (Fsp3) is 0.926. The first-order valence-corrected chi connectivity index (χ1v) is 13.3. The molecular formula is C27H53NO4. The highest BCUT2D eigenvalue weighted by Gasteiger charge is 2.20. The molecule has 0 spiro atoms. The summed E-state index contributed by atoms with van der Waals surface area (Å²) in [5, 5.41) is 0. The molecule has 3 unspecified atom stereocenters. The molecule has 0 aromatic carbocycles. The maximum atomic E-state index is 12.2. The van der Waals surface area contributed by atoms with Crippen LogP contribution in [0.3, 0.4) is 0 Å². The van der Waals surface area contributed by atoms with E-state index in [2.05, 4.69) is 6.92 Å². The number of rotatable bonds is 21. The molecule has 0 aliphatic heterocycles. The monoisotopic (exact) mass is 455 g/mol. The van der Waals surface area contributed by atoms with Crippen LogP contribution in [0.15, 0.2) is 0 Å². The van der Waals surface area contributed by atoms with E-state index in [9.17, 15) is 9.59 Å². The molecule has 0 radical (unpaired) electrons. The lowest BCUT2D eigenvalue weighted by atomic mass is 10.0. The summed E-state index contributed by atoms with van der Waals surface area (Å²) >= 11 is 0. The second-order valence-electron chi connectivity index (χ2n) is 9.95. The van der Waals surface area contributed by atoms with Crippen LogP contribution in [0.2, 0.25) is 0 Å². The number of ether oxygens (including phenoxy) is 2. The third kappa shape index (κ3) is 18.5. The Morgan fingerprint density at radius 3 is 1.66 bits per heavy atom. The fourth-order valence-corrected chi connectivity index (χ4v) is 3.67. The number of unbranched alkanes of at least 4 members (excludes halogenated alkanes) is 11. The molecule has 0 fully saturated rings. The highest BCUT2D eigenvalue weighted by molar-refractivity contribution is 5.73. The van der Waals surface area contributed by atoms with Gasteiger partial charge in [0, 0.05) is 0 Å². The Balaban J connectivity index is 3.69. The van der Waals surface area contributed by atoms with E-state index in [0.717, 1.165) is 25.8 Å². The van der Waals surface area contributed by atoms with Crippen LogP contribution in [-0.4, -0.2) is 50.2 Å². The zero-order chi connectivity index (χ0) is 24.2. The summed E-state index contributed by atoms with van der Waals surface area (Å²) in [6, 6.07) is 0. The van der Waals surface area contributed by atoms with Crippen molar-refractivity contribution >= 4 is 11.9 Å². The van der Waals surface area contributed by atoms with Gasteiger partial charge in [-0.25, -0.2) is 0 Å². The first-order chi connectivity index (χ1) is 15.3. The summed E-state index contributed by atoms with van der Waals surface area (Å²) in [5.41, 5.74) is 0. The van der Waals surface area contributed by atoms with Gasteiger partial charge in [-0.1, -0.05) is 97.8 Å². The van der Waals surface area contributed by atoms with Crippen LogP contribution in [0, 0.1) is 11.8 Å². The van der Waals surface area contributed by atoms with E-state index in [1.807, 2.05) is 32.8 Å². The molecule has 0 aromatic heterocycles. The number of carbonyl (C=O) groups excluding carboxylic acids is 2. The van der Waals surface area contributed by atoms with Gasteiger partial charge in [0.05, 0.1) is 11.8 Å². The smallest absolute Gasteiger partial charge is 0.309 e. The van der Waals surface area contributed by atoms with Crippen molar-refractivity contribution in [1.29, 1.82) is 0 Å². The molecule has 0 heterocycles. The van der Waals surface area contributed by atoms with Gasteiger partial charge in [0.2, 0.25) is 0 Å². The van der Waals surface area contributed by atoms with E-state index in [-0.39, 0.29) is 30.4 Å². The van der Waals surface area contributed by atoms with Crippen LogP contribution < -0.4 is 0 Å². The predicted octanol–water partition coefficient (Wildman–Crippen LogP) is 6.78. The van der Waals surface area contributed by atoms with Gasteiger partial charge < -0.3 is 14.4 Å². The molecule has 3 atom stereocenters. The average Bonchev–Trinajstić information content (AvgIpc) is 2.76. The van der Waals surface area contributed by atoms with Crippen molar-refractivity contribution in [3.63, 3.8) is 0 Å². The zero-order valence-electron chi connectivity index (χ0n) is 22.1. The summed E-state index contributed by atoms with van der Waals surface area (Å²) in [5.74, 6) is -0.656. The van der Waals surface area contributed by atoms with Gasteiger partial charge in [-0.3, -0.25) is 9.59 Å². The number of carbonyl (C=O) groups is 2. The van der Waals surface area contributed by atoms with Crippen LogP contribution in [-0.2, 0) is 19.1 Å². The maximum Gasteiger partial charge on any atom is 0.309 e. The highest BCUT2D eigenvalue weighted by Crippen LogP contribution is 2.15. The molecule has 0 aliphatic rings. The van der Waals surface area contributed by atoms with Gasteiger partial charge in [0.25, 0.3) is 0 Å². The summed E-state index contributed by atoms with van der Waals surface area (Å²) < 4.78 is 10.8. The number of hydrogen-bond acceptors (Lipinski definition) is 5. The van der Waals surface area contributed by atoms with E-state index in [0.29, 0.717) is 0 Å². The molecule has 0 rings (SSSR count). The van der Waals surface area contributed by atoms with Crippen molar-refractivity contribution < 1.29 is 19.1 Å². The highest BCUT2D eigenvalue weighted by atomic mass is 16.6. The van der Waals surface area contributed by atoms with Crippen molar-refractivity contribution in [3.05, 3.63) is 0 Å². The molecule has 0 saturated heterocycles. The normalized spacial score (nSPS) is 14.2. The summed E-state index contributed by atoms with van der Waals surface area (Å²) in [6.45, 7) is 8.82. The van der Waals surface area contributed by atoms with Gasteiger partial charge in [-0.2, -0.15) is 0 Å². The van der Waals surface area contributed by atoms with Crippen LogP contribution in [0.1, 0.15) is 118 Å². The van der Waals surface area contributed by atoms with Gasteiger partial charge in [0.15, 0.2) is 0 Å². The molecule has 0 aromatic rings. The molecule has 5 nitrogen and oxygen atoms in total. The van der Waals surface area contributed by atoms with Crippen LogP contribution in [0.25, 0.3) is 0 Å². The van der Waals surface area contributed by atoms with Crippen molar-refractivity contribution in [2.24, 2.45) is 11.8 Å². The summed E-state index contributed by atoms with van der Waals surface area (Å²) in [6.07, 6.45) is 17.0. The molecule has 0 bridgehead atoms. The van der Waals surface area contributed by atoms with Crippen LogP contribution in [0.5, 0.6) is 0 Å². The van der Waals surface area contributed by atoms with Crippen molar-refractivity contribution in [3.8, 4) is 0 Å². The third-order valence-electron chi connectivity index (χ3n) is 6.08. The van der Waals surface area contributed by atoms with Gasteiger partial charge in [-0.05, 0) is 40.4 Å². The molecule has 0 saturated carbocycles. The molecular weight excluding hydrogens is 402 g/mol. The van der Waals surface area contributed by atoms with E-state index in [4.69, 9.17) is 9.47 Å². The quantitative estimate of drug-likeness (QED) is 0.141. The third-order valence-corrected chi connectivity index (χ3v) is 6.08.